The topological polar surface area (TPSA) is 67.9 Å². The first-order chi connectivity index (χ1) is 11.7. The van der Waals surface area contributed by atoms with Crippen molar-refractivity contribution >= 4 is 33.1 Å². The zero-order valence-electron chi connectivity index (χ0n) is 13.5. The van der Waals surface area contributed by atoms with Crippen LogP contribution in [0.2, 0.25) is 0 Å². The van der Waals surface area contributed by atoms with Crippen LogP contribution in [0.3, 0.4) is 0 Å². The van der Waals surface area contributed by atoms with Crippen LogP contribution in [-0.2, 0) is 5.41 Å². The van der Waals surface area contributed by atoms with Gasteiger partial charge < -0.3 is 10.6 Å². The molecule has 4 rings (SSSR count). The van der Waals surface area contributed by atoms with Crippen LogP contribution in [0.1, 0.15) is 29.9 Å². The molecule has 5 nitrogen and oxygen atoms in total. The summed E-state index contributed by atoms with van der Waals surface area (Å²) >= 11 is 3.01. The quantitative estimate of drug-likeness (QED) is 0.777. The average molecular weight is 358 g/mol. The molecule has 0 atom stereocenters. The molecule has 1 fully saturated rings. The predicted molar refractivity (Wildman–Crippen MR) is 99.8 cm³/mol. The third-order valence-corrected chi connectivity index (χ3v) is 6.29. The first kappa shape index (κ1) is 15.5. The molecule has 0 bridgehead atoms. The molecule has 3 aromatic rings. The molecule has 1 aliphatic heterocycles. The largest absolute Gasteiger partial charge is 0.375 e. The van der Waals surface area contributed by atoms with Gasteiger partial charge in [0, 0.05) is 35.4 Å². The third-order valence-electron chi connectivity index (χ3n) is 4.74. The summed E-state index contributed by atoms with van der Waals surface area (Å²) in [4.78, 5) is 11.5. The Morgan fingerprint density at radius 1 is 1.12 bits per heavy atom. The van der Waals surface area contributed by atoms with Crippen molar-refractivity contribution in [2.75, 3.05) is 23.7 Å². The number of anilines is 2. The Balaban J connectivity index is 1.66. The number of nitrogens with two attached hydrogens (primary N) is 1. The van der Waals surface area contributed by atoms with E-state index in [1.54, 1.807) is 0 Å². The van der Waals surface area contributed by atoms with Gasteiger partial charge in [-0.25, -0.2) is 9.97 Å². The maximum absolute atomic E-state index is 5.92. The molecule has 0 aliphatic carbocycles. The van der Waals surface area contributed by atoms with Gasteiger partial charge in [0.05, 0.1) is 5.69 Å². The van der Waals surface area contributed by atoms with Gasteiger partial charge in [-0.1, -0.05) is 30.3 Å². The molecule has 0 amide bonds. The van der Waals surface area contributed by atoms with Gasteiger partial charge in [0.1, 0.15) is 5.82 Å². The Bertz CT molecular complexity index is 818. The van der Waals surface area contributed by atoms with E-state index in [1.165, 1.54) is 28.4 Å². The smallest absolute Gasteiger partial charge is 0.205 e. The molecule has 0 radical (unpaired) electrons. The summed E-state index contributed by atoms with van der Waals surface area (Å²) in [6.45, 7) is 3.83. The number of hydrogen-bond donors (Lipinski definition) is 1. The zero-order chi connectivity index (χ0) is 16.6. The Morgan fingerprint density at radius 2 is 1.88 bits per heavy atom. The lowest BCUT2D eigenvalue weighted by molar-refractivity contribution is 0.385. The molecular formula is C17H19N5S2. The number of rotatable bonds is 3. The van der Waals surface area contributed by atoms with Crippen LogP contribution in [-0.4, -0.2) is 27.4 Å². The normalized spacial score (nSPS) is 17.1. The standard InChI is InChI=1S/C17H19N5S2/c1-12-19-16(24-21-12)22-9-7-17(8-10-22,13-5-3-2-4-6-13)14-11-23-15(18)20-14/h2-6,11H,7-10H2,1H3,(H2,18,20). The van der Waals surface area contributed by atoms with Crippen LogP contribution in [0.4, 0.5) is 10.3 Å². The molecule has 1 aliphatic rings. The summed E-state index contributed by atoms with van der Waals surface area (Å²) < 4.78 is 4.31. The van der Waals surface area contributed by atoms with Crippen LogP contribution < -0.4 is 10.6 Å². The Morgan fingerprint density at radius 3 is 2.46 bits per heavy atom. The highest BCUT2D eigenvalue weighted by Gasteiger charge is 2.40. The number of thiazole rings is 1. The second-order valence-electron chi connectivity index (χ2n) is 6.13. The van der Waals surface area contributed by atoms with Crippen molar-refractivity contribution in [3.05, 3.63) is 52.8 Å². The van der Waals surface area contributed by atoms with Gasteiger partial charge >= 0.3 is 0 Å². The number of piperidine rings is 1. The monoisotopic (exact) mass is 357 g/mol. The van der Waals surface area contributed by atoms with E-state index in [9.17, 15) is 0 Å². The second-order valence-corrected chi connectivity index (χ2v) is 7.75. The first-order valence-electron chi connectivity index (χ1n) is 8.00. The van der Waals surface area contributed by atoms with E-state index in [1.807, 2.05) is 6.92 Å². The molecule has 0 saturated carbocycles. The van der Waals surface area contributed by atoms with E-state index in [-0.39, 0.29) is 5.41 Å². The molecule has 1 aromatic carbocycles. The molecule has 0 unspecified atom stereocenters. The highest BCUT2D eigenvalue weighted by Crippen LogP contribution is 2.43. The highest BCUT2D eigenvalue weighted by molar-refractivity contribution is 7.13. The molecule has 2 aromatic heterocycles. The van der Waals surface area contributed by atoms with E-state index >= 15 is 0 Å². The van der Waals surface area contributed by atoms with E-state index in [0.717, 1.165) is 42.6 Å². The fourth-order valence-corrected chi connectivity index (χ4v) is 4.84. The minimum atomic E-state index is -0.0639. The molecular weight excluding hydrogens is 338 g/mol. The van der Waals surface area contributed by atoms with Gasteiger partial charge in [0.2, 0.25) is 5.13 Å². The molecule has 0 spiro atoms. The van der Waals surface area contributed by atoms with E-state index in [4.69, 9.17) is 5.73 Å². The average Bonchev–Trinajstić information content (AvgIpc) is 3.25. The van der Waals surface area contributed by atoms with Gasteiger partial charge in [-0.15, -0.1) is 11.3 Å². The summed E-state index contributed by atoms with van der Waals surface area (Å²) in [5.74, 6) is 0.849. The van der Waals surface area contributed by atoms with Crippen molar-refractivity contribution < 1.29 is 0 Å². The zero-order valence-corrected chi connectivity index (χ0v) is 15.1. The van der Waals surface area contributed by atoms with Gasteiger partial charge in [0.15, 0.2) is 5.13 Å². The maximum Gasteiger partial charge on any atom is 0.205 e. The number of nitrogen functional groups attached to an aromatic ring is 1. The Kier molecular flexibility index (Phi) is 3.97. The van der Waals surface area contributed by atoms with Gasteiger partial charge in [0.25, 0.3) is 0 Å². The number of aryl methyl sites for hydroxylation is 1. The van der Waals surface area contributed by atoms with Gasteiger partial charge in [-0.3, -0.25) is 0 Å². The van der Waals surface area contributed by atoms with Gasteiger partial charge in [-0.2, -0.15) is 4.37 Å². The van der Waals surface area contributed by atoms with Crippen LogP contribution >= 0.6 is 22.9 Å². The molecule has 3 heterocycles. The summed E-state index contributed by atoms with van der Waals surface area (Å²) in [7, 11) is 0. The maximum atomic E-state index is 5.92. The lowest BCUT2D eigenvalue weighted by atomic mass is 9.71. The number of nitrogens with zero attached hydrogens (tertiary/aromatic N) is 4. The Hall–Kier alpha value is -1.99. The van der Waals surface area contributed by atoms with Crippen LogP contribution in [0.25, 0.3) is 0 Å². The number of hydrogen-bond acceptors (Lipinski definition) is 7. The fraction of sp³-hybridized carbons (Fsp3) is 0.353. The second kappa shape index (κ2) is 6.14. The molecule has 124 valence electrons. The van der Waals surface area contributed by atoms with E-state index in [0.29, 0.717) is 5.13 Å². The van der Waals surface area contributed by atoms with Crippen LogP contribution in [0.15, 0.2) is 35.7 Å². The van der Waals surface area contributed by atoms with Crippen LogP contribution in [0.5, 0.6) is 0 Å². The first-order valence-corrected chi connectivity index (χ1v) is 9.65. The minimum Gasteiger partial charge on any atom is -0.375 e. The van der Waals surface area contributed by atoms with E-state index in [2.05, 4.69) is 55.0 Å². The highest BCUT2D eigenvalue weighted by atomic mass is 32.1. The van der Waals surface area contributed by atoms with Gasteiger partial charge in [-0.05, 0) is 25.3 Å². The van der Waals surface area contributed by atoms with Crippen LogP contribution in [0, 0.1) is 6.92 Å². The SMILES string of the molecule is Cc1nsc(N2CCC(c3ccccc3)(c3csc(N)n3)CC2)n1. The van der Waals surface area contributed by atoms with E-state index < -0.39 is 0 Å². The summed E-state index contributed by atoms with van der Waals surface area (Å²) in [6, 6.07) is 10.7. The third kappa shape index (κ3) is 2.67. The summed E-state index contributed by atoms with van der Waals surface area (Å²) in [6.07, 6.45) is 2.00. The van der Waals surface area contributed by atoms with Crippen molar-refractivity contribution in [2.45, 2.75) is 25.2 Å². The fourth-order valence-electron chi connectivity index (χ4n) is 3.45. The summed E-state index contributed by atoms with van der Waals surface area (Å²) in [5, 5.41) is 3.78. The summed E-state index contributed by atoms with van der Waals surface area (Å²) in [5.41, 5.74) is 8.28. The van der Waals surface area contributed by atoms with Crippen molar-refractivity contribution in [2.24, 2.45) is 0 Å². The molecule has 7 heteroatoms. The Labute approximate surface area is 149 Å². The minimum absolute atomic E-state index is 0.0639. The number of benzene rings is 1. The lowest BCUT2D eigenvalue weighted by Crippen LogP contribution is -2.43. The molecule has 24 heavy (non-hydrogen) atoms. The van der Waals surface area contributed by atoms with Crippen molar-refractivity contribution in [1.29, 1.82) is 0 Å². The lowest BCUT2D eigenvalue weighted by Gasteiger charge is -2.41. The molecule has 2 N–H and O–H groups in total. The predicted octanol–water partition coefficient (Wildman–Crippen LogP) is 3.47. The number of aromatic nitrogens is 3. The van der Waals surface area contributed by atoms with Crippen molar-refractivity contribution in [3.63, 3.8) is 0 Å². The molecule has 1 saturated heterocycles. The van der Waals surface area contributed by atoms with Crippen molar-refractivity contribution in [3.8, 4) is 0 Å². The van der Waals surface area contributed by atoms with Crippen molar-refractivity contribution in [1.82, 2.24) is 14.3 Å².